The highest BCUT2D eigenvalue weighted by Crippen LogP contribution is 2.36. The molecule has 1 fully saturated rings. The van der Waals surface area contributed by atoms with Gasteiger partial charge >= 0.3 is 0 Å². The second-order valence-electron chi connectivity index (χ2n) is 3.87. The molecule has 0 atom stereocenters. The standard InChI is InChI=1S/C12H15FS/c1-14-10-6-7-11(12(13)8-10)9-4-2-3-5-9/h6-9H,2-5H2,1H3. The van der Waals surface area contributed by atoms with E-state index in [1.807, 2.05) is 18.4 Å². The van der Waals surface area contributed by atoms with Gasteiger partial charge in [0, 0.05) is 4.90 Å². The van der Waals surface area contributed by atoms with E-state index in [2.05, 4.69) is 0 Å². The highest BCUT2D eigenvalue weighted by molar-refractivity contribution is 7.98. The van der Waals surface area contributed by atoms with Gasteiger partial charge in [0.1, 0.15) is 5.82 Å². The van der Waals surface area contributed by atoms with Crippen LogP contribution in [0.1, 0.15) is 37.2 Å². The lowest BCUT2D eigenvalue weighted by molar-refractivity contribution is 0.577. The third-order valence-electron chi connectivity index (χ3n) is 3.00. The van der Waals surface area contributed by atoms with E-state index in [9.17, 15) is 4.39 Å². The molecule has 1 aromatic rings. The maximum Gasteiger partial charge on any atom is 0.127 e. The summed E-state index contributed by atoms with van der Waals surface area (Å²) in [6.07, 6.45) is 6.82. The highest BCUT2D eigenvalue weighted by Gasteiger charge is 2.19. The Balaban J connectivity index is 2.25. The number of hydrogen-bond donors (Lipinski definition) is 0. The molecule has 0 spiro atoms. The van der Waals surface area contributed by atoms with Gasteiger partial charge in [0.05, 0.1) is 0 Å². The number of hydrogen-bond acceptors (Lipinski definition) is 1. The second-order valence-corrected chi connectivity index (χ2v) is 4.75. The van der Waals surface area contributed by atoms with E-state index >= 15 is 0 Å². The van der Waals surface area contributed by atoms with Crippen LogP contribution in [0.5, 0.6) is 0 Å². The van der Waals surface area contributed by atoms with E-state index in [1.165, 1.54) is 12.8 Å². The molecule has 0 N–H and O–H groups in total. The number of benzene rings is 1. The van der Waals surface area contributed by atoms with E-state index < -0.39 is 0 Å². The van der Waals surface area contributed by atoms with Crippen molar-refractivity contribution in [1.29, 1.82) is 0 Å². The Morgan fingerprint density at radius 1 is 1.29 bits per heavy atom. The average Bonchev–Trinajstić information content (AvgIpc) is 2.70. The predicted octanol–water partition coefficient (Wildman–Crippen LogP) is 4.21. The fourth-order valence-electron chi connectivity index (χ4n) is 2.20. The minimum atomic E-state index is -0.0104. The molecule has 1 saturated carbocycles. The Bertz CT molecular complexity index is 316. The van der Waals surface area contributed by atoms with Gasteiger partial charge in [-0.05, 0) is 42.7 Å². The van der Waals surface area contributed by atoms with Crippen molar-refractivity contribution in [3.05, 3.63) is 29.6 Å². The van der Waals surface area contributed by atoms with Gasteiger partial charge in [-0.1, -0.05) is 18.9 Å². The summed E-state index contributed by atoms with van der Waals surface area (Å²) < 4.78 is 13.7. The largest absolute Gasteiger partial charge is 0.207 e. The summed E-state index contributed by atoms with van der Waals surface area (Å²) in [6.45, 7) is 0. The quantitative estimate of drug-likeness (QED) is 0.659. The molecule has 14 heavy (non-hydrogen) atoms. The molecule has 0 aromatic heterocycles. The average molecular weight is 210 g/mol. The Morgan fingerprint density at radius 2 is 2.00 bits per heavy atom. The van der Waals surface area contributed by atoms with Gasteiger partial charge in [0.25, 0.3) is 0 Å². The summed E-state index contributed by atoms with van der Waals surface area (Å²) in [4.78, 5) is 1.02. The summed E-state index contributed by atoms with van der Waals surface area (Å²) in [5, 5.41) is 0. The Labute approximate surface area is 88.9 Å². The van der Waals surface area contributed by atoms with E-state index in [0.29, 0.717) is 5.92 Å². The first kappa shape index (κ1) is 10.0. The van der Waals surface area contributed by atoms with Crippen LogP contribution in [-0.2, 0) is 0 Å². The molecule has 2 heteroatoms. The Morgan fingerprint density at radius 3 is 2.57 bits per heavy atom. The van der Waals surface area contributed by atoms with E-state index in [4.69, 9.17) is 0 Å². The van der Waals surface area contributed by atoms with E-state index in [-0.39, 0.29) is 5.82 Å². The molecular formula is C12H15FS. The molecule has 0 nitrogen and oxygen atoms in total. The zero-order valence-corrected chi connectivity index (χ0v) is 9.24. The van der Waals surface area contributed by atoms with Crippen molar-refractivity contribution in [2.45, 2.75) is 36.5 Å². The first-order valence-corrected chi connectivity index (χ1v) is 6.37. The SMILES string of the molecule is CSc1ccc(C2CCCC2)c(F)c1. The van der Waals surface area contributed by atoms with E-state index in [1.54, 1.807) is 17.8 Å². The van der Waals surface area contributed by atoms with Crippen LogP contribution in [0, 0.1) is 5.82 Å². The zero-order chi connectivity index (χ0) is 9.97. The second kappa shape index (κ2) is 4.35. The summed E-state index contributed by atoms with van der Waals surface area (Å²) in [7, 11) is 0. The minimum absolute atomic E-state index is 0.0104. The lowest BCUT2D eigenvalue weighted by atomic mass is 9.97. The smallest absolute Gasteiger partial charge is 0.127 e. The van der Waals surface area contributed by atoms with Crippen LogP contribution in [0.4, 0.5) is 4.39 Å². The third-order valence-corrected chi connectivity index (χ3v) is 3.73. The van der Waals surface area contributed by atoms with Crippen LogP contribution >= 0.6 is 11.8 Å². The first-order chi connectivity index (χ1) is 6.81. The van der Waals surface area contributed by atoms with Crippen LogP contribution in [0.3, 0.4) is 0 Å². The molecule has 0 amide bonds. The van der Waals surface area contributed by atoms with Gasteiger partial charge in [-0.15, -0.1) is 11.8 Å². The first-order valence-electron chi connectivity index (χ1n) is 5.14. The molecule has 0 aliphatic heterocycles. The maximum absolute atomic E-state index is 13.7. The molecule has 76 valence electrons. The van der Waals surface area contributed by atoms with Crippen molar-refractivity contribution in [3.8, 4) is 0 Å². The van der Waals surface area contributed by atoms with Gasteiger partial charge < -0.3 is 0 Å². The van der Waals surface area contributed by atoms with Crippen molar-refractivity contribution < 1.29 is 4.39 Å². The van der Waals surface area contributed by atoms with Crippen LogP contribution in [-0.4, -0.2) is 6.26 Å². The molecule has 1 aromatic carbocycles. The Kier molecular flexibility index (Phi) is 3.12. The topological polar surface area (TPSA) is 0 Å². The summed E-state index contributed by atoms with van der Waals surface area (Å²) in [6, 6.07) is 5.66. The van der Waals surface area contributed by atoms with Crippen LogP contribution in [0.15, 0.2) is 23.1 Å². The monoisotopic (exact) mass is 210 g/mol. The van der Waals surface area contributed by atoms with Gasteiger partial charge in [0.15, 0.2) is 0 Å². The van der Waals surface area contributed by atoms with Crippen LogP contribution < -0.4 is 0 Å². The summed E-state index contributed by atoms with van der Waals surface area (Å²) >= 11 is 1.59. The fraction of sp³-hybridized carbons (Fsp3) is 0.500. The number of halogens is 1. The molecular weight excluding hydrogens is 195 g/mol. The number of thioether (sulfide) groups is 1. The molecule has 0 radical (unpaired) electrons. The van der Waals surface area contributed by atoms with Crippen LogP contribution in [0.25, 0.3) is 0 Å². The van der Waals surface area contributed by atoms with Crippen molar-refractivity contribution in [2.75, 3.05) is 6.26 Å². The van der Waals surface area contributed by atoms with Gasteiger partial charge in [0.2, 0.25) is 0 Å². The van der Waals surface area contributed by atoms with Crippen molar-refractivity contribution in [1.82, 2.24) is 0 Å². The molecule has 0 unspecified atom stereocenters. The molecule has 0 heterocycles. The van der Waals surface area contributed by atoms with Crippen molar-refractivity contribution in [3.63, 3.8) is 0 Å². The fourth-order valence-corrected chi connectivity index (χ4v) is 2.63. The molecule has 0 bridgehead atoms. The molecule has 2 rings (SSSR count). The highest BCUT2D eigenvalue weighted by atomic mass is 32.2. The number of rotatable bonds is 2. The van der Waals surface area contributed by atoms with Crippen LogP contribution in [0.2, 0.25) is 0 Å². The van der Waals surface area contributed by atoms with Crippen molar-refractivity contribution in [2.24, 2.45) is 0 Å². The molecule has 0 saturated heterocycles. The van der Waals surface area contributed by atoms with Crippen molar-refractivity contribution >= 4 is 11.8 Å². The zero-order valence-electron chi connectivity index (χ0n) is 8.42. The van der Waals surface area contributed by atoms with Gasteiger partial charge in [-0.2, -0.15) is 0 Å². The molecule has 1 aliphatic rings. The Hall–Kier alpha value is -0.500. The minimum Gasteiger partial charge on any atom is -0.207 e. The van der Waals surface area contributed by atoms with Gasteiger partial charge in [-0.25, -0.2) is 4.39 Å². The summed E-state index contributed by atoms with van der Waals surface area (Å²) in [5.74, 6) is 0.467. The lowest BCUT2D eigenvalue weighted by Crippen LogP contribution is -1.96. The normalized spacial score (nSPS) is 17.6. The predicted molar refractivity (Wildman–Crippen MR) is 59.4 cm³/mol. The lowest BCUT2D eigenvalue weighted by Gasteiger charge is -2.11. The third kappa shape index (κ3) is 1.95. The molecule has 1 aliphatic carbocycles. The van der Waals surface area contributed by atoms with Gasteiger partial charge in [-0.3, -0.25) is 0 Å². The van der Waals surface area contributed by atoms with E-state index in [0.717, 1.165) is 23.3 Å². The maximum atomic E-state index is 13.7. The summed E-state index contributed by atoms with van der Waals surface area (Å²) in [5.41, 5.74) is 0.931.